The number of nitrogens with two attached hydrogens (primary N) is 1. The van der Waals surface area contributed by atoms with E-state index in [0.29, 0.717) is 18.5 Å². The molecular weight excluding hydrogens is 250 g/mol. The van der Waals surface area contributed by atoms with Crippen molar-refractivity contribution in [3.05, 3.63) is 29.3 Å². The third-order valence-corrected chi connectivity index (χ3v) is 4.24. The van der Waals surface area contributed by atoms with Gasteiger partial charge in [-0.2, -0.15) is 0 Å². The van der Waals surface area contributed by atoms with Crippen LogP contribution in [0.15, 0.2) is 18.2 Å². The summed E-state index contributed by atoms with van der Waals surface area (Å²) in [6.45, 7) is 9.48. The van der Waals surface area contributed by atoms with Gasteiger partial charge in [-0.3, -0.25) is 5.43 Å². The molecule has 1 aliphatic heterocycles. The lowest BCUT2D eigenvalue weighted by molar-refractivity contribution is 0.385. The number of hydrogen-bond acceptors (Lipinski definition) is 4. The number of benzene rings is 1. The minimum Gasteiger partial charge on any atom is -0.496 e. The van der Waals surface area contributed by atoms with Gasteiger partial charge in [0.15, 0.2) is 0 Å². The molecule has 1 saturated heterocycles. The van der Waals surface area contributed by atoms with Crippen molar-refractivity contribution >= 4 is 0 Å². The Morgan fingerprint density at radius 3 is 2.50 bits per heavy atom. The number of rotatable bonds is 3. The molecule has 4 heteroatoms. The Labute approximate surface area is 122 Å². The lowest BCUT2D eigenvalue weighted by Gasteiger charge is -2.25. The number of hydrogen-bond donors (Lipinski definition) is 3. The number of hydrazine groups is 1. The monoisotopic (exact) mass is 277 g/mol. The molecule has 0 amide bonds. The van der Waals surface area contributed by atoms with Crippen LogP contribution in [0.25, 0.3) is 0 Å². The van der Waals surface area contributed by atoms with Gasteiger partial charge in [-0.25, -0.2) is 5.43 Å². The first kappa shape index (κ1) is 15.3. The van der Waals surface area contributed by atoms with Crippen LogP contribution < -0.4 is 21.3 Å². The van der Waals surface area contributed by atoms with Crippen LogP contribution in [-0.2, 0) is 5.41 Å². The topological polar surface area (TPSA) is 59.3 Å². The molecule has 1 aromatic rings. The second-order valence-corrected chi connectivity index (χ2v) is 6.66. The Balaban J connectivity index is 2.43. The zero-order valence-electron chi connectivity index (χ0n) is 13.2. The second kappa shape index (κ2) is 5.72. The summed E-state index contributed by atoms with van der Waals surface area (Å²) in [6, 6.07) is 7.00. The van der Waals surface area contributed by atoms with Gasteiger partial charge in [-0.1, -0.05) is 26.8 Å². The molecule has 2 rings (SSSR count). The van der Waals surface area contributed by atoms with Gasteiger partial charge >= 0.3 is 0 Å². The Bertz CT molecular complexity index is 467. The highest BCUT2D eigenvalue weighted by Gasteiger charge is 2.35. The lowest BCUT2D eigenvalue weighted by Crippen LogP contribution is -2.30. The first-order valence-corrected chi connectivity index (χ1v) is 7.28. The Hall–Kier alpha value is -1.10. The largest absolute Gasteiger partial charge is 0.496 e. The maximum atomic E-state index is 5.95. The second-order valence-electron chi connectivity index (χ2n) is 6.66. The summed E-state index contributed by atoms with van der Waals surface area (Å²) < 4.78 is 5.54. The highest BCUT2D eigenvalue weighted by Crippen LogP contribution is 2.36. The maximum Gasteiger partial charge on any atom is 0.123 e. The zero-order valence-corrected chi connectivity index (χ0v) is 13.2. The van der Waals surface area contributed by atoms with Crippen molar-refractivity contribution in [2.75, 3.05) is 13.7 Å². The van der Waals surface area contributed by atoms with Crippen LogP contribution in [0.1, 0.15) is 44.9 Å². The molecule has 112 valence electrons. The van der Waals surface area contributed by atoms with Gasteiger partial charge in [0.05, 0.1) is 13.2 Å². The summed E-state index contributed by atoms with van der Waals surface area (Å²) >= 11 is 0. The van der Waals surface area contributed by atoms with E-state index in [2.05, 4.69) is 56.7 Å². The van der Waals surface area contributed by atoms with Crippen LogP contribution in [0.2, 0.25) is 0 Å². The van der Waals surface area contributed by atoms with E-state index in [-0.39, 0.29) is 11.5 Å². The van der Waals surface area contributed by atoms with Crippen LogP contribution >= 0.6 is 0 Å². The first-order chi connectivity index (χ1) is 9.38. The van der Waals surface area contributed by atoms with E-state index in [4.69, 9.17) is 10.5 Å². The highest BCUT2D eigenvalue weighted by molar-refractivity contribution is 5.42. The van der Waals surface area contributed by atoms with E-state index >= 15 is 0 Å². The predicted octanol–water partition coefficient (Wildman–Crippen LogP) is 2.10. The molecule has 4 N–H and O–H groups in total. The first-order valence-electron chi connectivity index (χ1n) is 7.28. The normalized spacial score (nSPS) is 26.8. The molecule has 0 radical (unpaired) electrons. The third kappa shape index (κ3) is 2.82. The molecule has 1 aromatic carbocycles. The standard InChI is InChI=1S/C16H27N3O/c1-10-13(9-17)15(19-18-10)12-8-11(16(2,3)4)6-7-14(12)20-5/h6-8,10,13,15,18-19H,9,17H2,1-5H3. The Morgan fingerprint density at radius 2 is 1.95 bits per heavy atom. The van der Waals surface area contributed by atoms with E-state index in [1.54, 1.807) is 7.11 Å². The summed E-state index contributed by atoms with van der Waals surface area (Å²) in [5, 5.41) is 0. The third-order valence-electron chi connectivity index (χ3n) is 4.24. The van der Waals surface area contributed by atoms with Crippen LogP contribution in [0.3, 0.4) is 0 Å². The summed E-state index contributed by atoms with van der Waals surface area (Å²) in [7, 11) is 1.72. The lowest BCUT2D eigenvalue weighted by atomic mass is 9.83. The smallest absolute Gasteiger partial charge is 0.123 e. The van der Waals surface area contributed by atoms with Gasteiger partial charge in [-0.05, 0) is 36.6 Å². The van der Waals surface area contributed by atoms with Crippen LogP contribution in [0, 0.1) is 5.92 Å². The van der Waals surface area contributed by atoms with E-state index in [1.165, 1.54) is 11.1 Å². The fourth-order valence-electron chi connectivity index (χ4n) is 2.82. The molecule has 20 heavy (non-hydrogen) atoms. The molecule has 3 atom stereocenters. The maximum absolute atomic E-state index is 5.95. The SMILES string of the molecule is COc1ccc(C(C)(C)C)cc1C1NNC(C)C1CN. The number of nitrogens with one attached hydrogen (secondary N) is 2. The summed E-state index contributed by atoms with van der Waals surface area (Å²) in [4.78, 5) is 0. The van der Waals surface area contributed by atoms with Gasteiger partial charge in [-0.15, -0.1) is 0 Å². The van der Waals surface area contributed by atoms with Crippen molar-refractivity contribution in [1.82, 2.24) is 10.9 Å². The highest BCUT2D eigenvalue weighted by atomic mass is 16.5. The molecule has 0 saturated carbocycles. The van der Waals surface area contributed by atoms with Crippen molar-refractivity contribution in [3.63, 3.8) is 0 Å². The molecule has 0 aliphatic carbocycles. The van der Waals surface area contributed by atoms with Crippen molar-refractivity contribution < 1.29 is 4.74 Å². The van der Waals surface area contributed by atoms with Gasteiger partial charge < -0.3 is 10.5 Å². The quantitative estimate of drug-likeness (QED) is 0.792. The molecule has 0 aromatic heterocycles. The van der Waals surface area contributed by atoms with E-state index in [0.717, 1.165) is 5.75 Å². The molecule has 1 fully saturated rings. The summed E-state index contributed by atoms with van der Waals surface area (Å²) in [5.74, 6) is 1.28. The zero-order chi connectivity index (χ0) is 14.9. The van der Waals surface area contributed by atoms with Crippen LogP contribution in [0.5, 0.6) is 5.75 Å². The van der Waals surface area contributed by atoms with Gasteiger partial charge in [0.2, 0.25) is 0 Å². The predicted molar refractivity (Wildman–Crippen MR) is 82.7 cm³/mol. The van der Waals surface area contributed by atoms with E-state index in [9.17, 15) is 0 Å². The van der Waals surface area contributed by atoms with Crippen molar-refractivity contribution in [2.24, 2.45) is 11.7 Å². The molecule has 1 heterocycles. The molecule has 0 bridgehead atoms. The minimum atomic E-state index is 0.122. The van der Waals surface area contributed by atoms with Crippen molar-refractivity contribution in [1.29, 1.82) is 0 Å². The fraction of sp³-hybridized carbons (Fsp3) is 0.625. The van der Waals surface area contributed by atoms with E-state index < -0.39 is 0 Å². The average Bonchev–Trinajstić information content (AvgIpc) is 2.77. The fourth-order valence-corrected chi connectivity index (χ4v) is 2.82. The van der Waals surface area contributed by atoms with Gasteiger partial charge in [0.25, 0.3) is 0 Å². The summed E-state index contributed by atoms with van der Waals surface area (Å²) in [5.41, 5.74) is 15.2. The Kier molecular flexibility index (Phi) is 4.37. The Morgan fingerprint density at radius 1 is 1.25 bits per heavy atom. The minimum absolute atomic E-state index is 0.122. The molecule has 1 aliphatic rings. The summed E-state index contributed by atoms with van der Waals surface area (Å²) in [6.07, 6.45) is 0. The van der Waals surface area contributed by atoms with Crippen LogP contribution in [0.4, 0.5) is 0 Å². The average molecular weight is 277 g/mol. The van der Waals surface area contributed by atoms with Crippen molar-refractivity contribution in [3.8, 4) is 5.75 Å². The molecule has 3 unspecified atom stereocenters. The molecule has 0 spiro atoms. The van der Waals surface area contributed by atoms with E-state index in [1.807, 2.05) is 0 Å². The van der Waals surface area contributed by atoms with Crippen molar-refractivity contribution in [2.45, 2.75) is 45.2 Å². The number of ether oxygens (including phenoxy) is 1. The van der Waals surface area contributed by atoms with Gasteiger partial charge in [0.1, 0.15) is 5.75 Å². The van der Waals surface area contributed by atoms with Gasteiger partial charge in [0, 0.05) is 17.5 Å². The van der Waals surface area contributed by atoms with Crippen LogP contribution in [-0.4, -0.2) is 19.7 Å². The molecular formula is C16H27N3O. The molecule has 4 nitrogen and oxygen atoms in total. The number of methoxy groups -OCH3 is 1.